The average molecular weight is 319 g/mol. The van der Waals surface area contributed by atoms with E-state index in [1.165, 1.54) is 22.7 Å². The fraction of sp³-hybridized carbons (Fsp3) is 0.214. The number of carbonyl (C=O) groups excluding carboxylic acids is 2. The highest BCUT2D eigenvalue weighted by atomic mass is 32.1. The Balaban J connectivity index is 2.03. The van der Waals surface area contributed by atoms with Crippen LogP contribution in [0.2, 0.25) is 0 Å². The van der Waals surface area contributed by atoms with Crippen LogP contribution in [0.1, 0.15) is 27.0 Å². The van der Waals surface area contributed by atoms with Crippen molar-refractivity contribution in [1.29, 1.82) is 5.26 Å². The lowest BCUT2D eigenvalue weighted by molar-refractivity contribution is 0.0952. The van der Waals surface area contributed by atoms with Crippen molar-refractivity contribution in [2.24, 2.45) is 5.92 Å². The standard InChI is InChI=1S/C14H13N3O2S2/c1-9(7-15)8-16-12(18)10-4-6-21-14(10)17-13(19)11-3-2-5-20-11/h2-6,9H,8H2,1H3,(H,16,18)(H,17,19). The minimum absolute atomic E-state index is 0.230. The van der Waals surface area contributed by atoms with E-state index in [-0.39, 0.29) is 24.3 Å². The van der Waals surface area contributed by atoms with Crippen LogP contribution >= 0.6 is 22.7 Å². The molecule has 0 aliphatic rings. The first-order chi connectivity index (χ1) is 10.1. The van der Waals surface area contributed by atoms with E-state index >= 15 is 0 Å². The van der Waals surface area contributed by atoms with Gasteiger partial charge in [-0.05, 0) is 29.8 Å². The van der Waals surface area contributed by atoms with Gasteiger partial charge in [-0.1, -0.05) is 6.07 Å². The second-order valence-corrected chi connectivity index (χ2v) is 6.20. The molecule has 0 radical (unpaired) electrons. The van der Waals surface area contributed by atoms with Gasteiger partial charge in [0.1, 0.15) is 5.00 Å². The zero-order valence-corrected chi connectivity index (χ0v) is 12.9. The van der Waals surface area contributed by atoms with Crippen LogP contribution < -0.4 is 10.6 Å². The SMILES string of the molecule is CC(C#N)CNC(=O)c1ccsc1NC(=O)c1cccs1. The number of nitriles is 1. The van der Waals surface area contributed by atoms with E-state index in [0.29, 0.717) is 15.4 Å². The third-order valence-corrected chi connectivity index (χ3v) is 4.37. The Labute approximate surface area is 130 Å². The molecule has 1 unspecified atom stereocenters. The van der Waals surface area contributed by atoms with Gasteiger partial charge in [0.05, 0.1) is 22.4 Å². The molecule has 7 heteroatoms. The first-order valence-electron chi connectivity index (χ1n) is 6.22. The Bertz CT molecular complexity index is 671. The maximum Gasteiger partial charge on any atom is 0.266 e. The molecule has 5 nitrogen and oxygen atoms in total. The van der Waals surface area contributed by atoms with Crippen LogP contribution in [-0.4, -0.2) is 18.4 Å². The Morgan fingerprint density at radius 1 is 1.29 bits per heavy atom. The fourth-order valence-corrected chi connectivity index (χ4v) is 2.94. The highest BCUT2D eigenvalue weighted by Crippen LogP contribution is 2.24. The van der Waals surface area contributed by atoms with Gasteiger partial charge in [0, 0.05) is 6.54 Å². The number of rotatable bonds is 5. The second-order valence-electron chi connectivity index (χ2n) is 4.33. The van der Waals surface area contributed by atoms with Gasteiger partial charge in [-0.3, -0.25) is 9.59 Å². The predicted molar refractivity (Wildman–Crippen MR) is 83.7 cm³/mol. The summed E-state index contributed by atoms with van der Waals surface area (Å²) in [5.74, 6) is -0.775. The molecule has 2 amide bonds. The first-order valence-corrected chi connectivity index (χ1v) is 7.98. The summed E-state index contributed by atoms with van der Waals surface area (Å²) in [6.07, 6.45) is 0. The molecule has 0 bridgehead atoms. The van der Waals surface area contributed by atoms with Crippen LogP contribution in [0.4, 0.5) is 5.00 Å². The van der Waals surface area contributed by atoms with E-state index in [1.807, 2.05) is 5.38 Å². The molecule has 0 saturated carbocycles. The summed E-state index contributed by atoms with van der Waals surface area (Å²) in [5, 5.41) is 18.2. The molecule has 0 saturated heterocycles. The first kappa shape index (κ1) is 15.2. The largest absolute Gasteiger partial charge is 0.351 e. The maximum atomic E-state index is 12.1. The van der Waals surface area contributed by atoms with Gasteiger partial charge >= 0.3 is 0 Å². The van der Waals surface area contributed by atoms with Crippen molar-refractivity contribution >= 4 is 39.5 Å². The summed E-state index contributed by atoms with van der Waals surface area (Å²) in [6.45, 7) is 2.01. The van der Waals surface area contributed by atoms with Gasteiger partial charge in [-0.25, -0.2) is 0 Å². The number of thiophene rings is 2. The Kier molecular flexibility index (Phi) is 5.09. The minimum Gasteiger partial charge on any atom is -0.351 e. The molecular formula is C14H13N3O2S2. The van der Waals surface area contributed by atoms with Gasteiger partial charge in [0.2, 0.25) is 0 Å². The number of nitrogens with one attached hydrogen (secondary N) is 2. The van der Waals surface area contributed by atoms with Crippen LogP contribution in [0.15, 0.2) is 29.0 Å². The zero-order chi connectivity index (χ0) is 15.2. The van der Waals surface area contributed by atoms with Crippen LogP contribution in [0.5, 0.6) is 0 Å². The lowest BCUT2D eigenvalue weighted by Crippen LogP contribution is -2.28. The van der Waals surface area contributed by atoms with Crippen molar-refractivity contribution in [1.82, 2.24) is 5.32 Å². The van der Waals surface area contributed by atoms with Gasteiger partial charge in [0.25, 0.3) is 11.8 Å². The van der Waals surface area contributed by atoms with Crippen LogP contribution in [0, 0.1) is 17.2 Å². The smallest absolute Gasteiger partial charge is 0.266 e. The Hall–Kier alpha value is -2.17. The average Bonchev–Trinajstić information content (AvgIpc) is 3.15. The lowest BCUT2D eigenvalue weighted by atomic mass is 10.2. The topological polar surface area (TPSA) is 82.0 Å². The third kappa shape index (κ3) is 3.90. The summed E-state index contributed by atoms with van der Waals surface area (Å²) in [6, 6.07) is 7.22. The highest BCUT2D eigenvalue weighted by Gasteiger charge is 2.16. The normalized spacial score (nSPS) is 11.4. The molecule has 0 spiro atoms. The van der Waals surface area contributed by atoms with Crippen LogP contribution in [0.3, 0.4) is 0 Å². The number of anilines is 1. The number of carbonyl (C=O) groups is 2. The van der Waals surface area contributed by atoms with E-state index in [2.05, 4.69) is 16.7 Å². The fourth-order valence-electron chi connectivity index (χ4n) is 1.54. The molecule has 2 aromatic rings. The van der Waals surface area contributed by atoms with Gasteiger partial charge in [-0.15, -0.1) is 22.7 Å². The van der Waals surface area contributed by atoms with Crippen LogP contribution in [-0.2, 0) is 0 Å². The number of hydrogen-bond donors (Lipinski definition) is 2. The molecule has 2 heterocycles. The molecular weight excluding hydrogens is 306 g/mol. The highest BCUT2D eigenvalue weighted by molar-refractivity contribution is 7.15. The molecule has 2 rings (SSSR count). The lowest BCUT2D eigenvalue weighted by Gasteiger charge is -2.07. The summed E-state index contributed by atoms with van der Waals surface area (Å²) >= 11 is 2.63. The minimum atomic E-state index is -0.292. The van der Waals surface area contributed by atoms with E-state index in [4.69, 9.17) is 5.26 Å². The molecule has 108 valence electrons. The molecule has 0 aromatic carbocycles. The summed E-state index contributed by atoms with van der Waals surface area (Å²) < 4.78 is 0. The van der Waals surface area contributed by atoms with Crippen molar-refractivity contribution in [3.05, 3.63) is 39.4 Å². The van der Waals surface area contributed by atoms with E-state index in [9.17, 15) is 9.59 Å². The third-order valence-electron chi connectivity index (χ3n) is 2.67. The Morgan fingerprint density at radius 3 is 2.76 bits per heavy atom. The van der Waals surface area contributed by atoms with Crippen molar-refractivity contribution in [3.8, 4) is 6.07 Å². The summed E-state index contributed by atoms with van der Waals surface area (Å²) in [5.41, 5.74) is 0.412. The molecule has 2 N–H and O–H groups in total. The van der Waals surface area contributed by atoms with Gasteiger partial charge in [0.15, 0.2) is 0 Å². The van der Waals surface area contributed by atoms with Crippen molar-refractivity contribution < 1.29 is 9.59 Å². The quantitative estimate of drug-likeness (QED) is 0.889. The van der Waals surface area contributed by atoms with E-state index in [1.54, 1.807) is 30.5 Å². The molecule has 0 aliphatic carbocycles. The van der Waals surface area contributed by atoms with Crippen molar-refractivity contribution in [2.45, 2.75) is 6.92 Å². The molecule has 0 fully saturated rings. The predicted octanol–water partition coefficient (Wildman–Crippen LogP) is 2.95. The second kappa shape index (κ2) is 7.02. The monoisotopic (exact) mass is 319 g/mol. The number of hydrogen-bond acceptors (Lipinski definition) is 5. The van der Waals surface area contributed by atoms with Gasteiger partial charge in [-0.2, -0.15) is 5.26 Å². The van der Waals surface area contributed by atoms with E-state index < -0.39 is 0 Å². The summed E-state index contributed by atoms with van der Waals surface area (Å²) in [7, 11) is 0. The van der Waals surface area contributed by atoms with Crippen molar-refractivity contribution in [3.63, 3.8) is 0 Å². The molecule has 0 aliphatic heterocycles. The zero-order valence-electron chi connectivity index (χ0n) is 11.3. The Morgan fingerprint density at radius 2 is 2.10 bits per heavy atom. The van der Waals surface area contributed by atoms with E-state index in [0.717, 1.165) is 0 Å². The summed E-state index contributed by atoms with van der Waals surface area (Å²) in [4.78, 5) is 24.6. The van der Waals surface area contributed by atoms with Crippen LogP contribution in [0.25, 0.3) is 0 Å². The molecule has 2 aromatic heterocycles. The molecule has 1 atom stereocenters. The van der Waals surface area contributed by atoms with Crippen molar-refractivity contribution in [2.75, 3.05) is 11.9 Å². The number of nitrogens with zero attached hydrogens (tertiary/aromatic N) is 1. The maximum absolute atomic E-state index is 12.1. The molecule has 21 heavy (non-hydrogen) atoms. The number of amides is 2. The van der Waals surface area contributed by atoms with Gasteiger partial charge < -0.3 is 10.6 Å².